The molecule has 3 rings (SSSR count). The van der Waals surface area contributed by atoms with Crippen LogP contribution in [0.25, 0.3) is 0 Å². The van der Waals surface area contributed by atoms with Crippen molar-refractivity contribution in [3.05, 3.63) is 54.1 Å². The standard InChI is InChI=1S/C22H26N2O3S/c1-22(2,3)13-19(25)23-16-7-5-15(6-8-16)21-24(20(26)14-28-21)17-9-11-18(27-4)12-10-17/h5-12,21H,13-14H2,1-4H3,(H,23,25)/t21-/m1/s1. The molecule has 1 heterocycles. The zero-order valence-corrected chi connectivity index (χ0v) is 17.5. The number of rotatable bonds is 5. The monoisotopic (exact) mass is 398 g/mol. The Hall–Kier alpha value is -2.47. The molecule has 148 valence electrons. The second-order valence-corrected chi connectivity index (χ2v) is 9.10. The maximum atomic E-state index is 12.5. The van der Waals surface area contributed by atoms with Gasteiger partial charge >= 0.3 is 0 Å². The summed E-state index contributed by atoms with van der Waals surface area (Å²) >= 11 is 1.60. The lowest BCUT2D eigenvalue weighted by Gasteiger charge is -2.24. The topological polar surface area (TPSA) is 58.6 Å². The molecular formula is C22H26N2O3S. The predicted octanol–water partition coefficient (Wildman–Crippen LogP) is 4.85. The molecule has 28 heavy (non-hydrogen) atoms. The van der Waals surface area contributed by atoms with Gasteiger partial charge in [0.2, 0.25) is 11.8 Å². The lowest BCUT2D eigenvalue weighted by atomic mass is 9.92. The summed E-state index contributed by atoms with van der Waals surface area (Å²) in [7, 11) is 1.62. The van der Waals surface area contributed by atoms with Gasteiger partial charge in [-0.25, -0.2) is 0 Å². The number of hydrogen-bond donors (Lipinski definition) is 1. The van der Waals surface area contributed by atoms with E-state index in [-0.39, 0.29) is 22.6 Å². The fraction of sp³-hybridized carbons (Fsp3) is 0.364. The number of anilines is 2. The van der Waals surface area contributed by atoms with Crippen molar-refractivity contribution >= 4 is 35.0 Å². The van der Waals surface area contributed by atoms with Crippen molar-refractivity contribution in [1.82, 2.24) is 0 Å². The van der Waals surface area contributed by atoms with Crippen molar-refractivity contribution in [3.8, 4) is 5.75 Å². The smallest absolute Gasteiger partial charge is 0.238 e. The molecule has 0 aliphatic carbocycles. The third-order valence-corrected chi connectivity index (χ3v) is 5.60. The number of nitrogens with zero attached hydrogens (tertiary/aromatic N) is 1. The highest BCUT2D eigenvalue weighted by Gasteiger charge is 2.34. The molecule has 0 saturated carbocycles. The van der Waals surface area contributed by atoms with Gasteiger partial charge in [0, 0.05) is 17.8 Å². The van der Waals surface area contributed by atoms with Crippen molar-refractivity contribution in [1.29, 1.82) is 0 Å². The zero-order valence-electron chi connectivity index (χ0n) is 16.7. The van der Waals surface area contributed by atoms with Crippen LogP contribution < -0.4 is 15.0 Å². The summed E-state index contributed by atoms with van der Waals surface area (Å²) in [5.74, 6) is 1.30. The fourth-order valence-corrected chi connectivity index (χ4v) is 4.29. The molecule has 1 atom stereocenters. The van der Waals surface area contributed by atoms with E-state index in [1.807, 2.05) is 74.2 Å². The van der Waals surface area contributed by atoms with Gasteiger partial charge in [0.1, 0.15) is 11.1 Å². The molecule has 0 aromatic heterocycles. The van der Waals surface area contributed by atoms with Crippen LogP contribution in [-0.4, -0.2) is 24.7 Å². The van der Waals surface area contributed by atoms with E-state index in [1.54, 1.807) is 18.9 Å². The summed E-state index contributed by atoms with van der Waals surface area (Å²) in [4.78, 5) is 26.4. The van der Waals surface area contributed by atoms with Crippen molar-refractivity contribution in [2.24, 2.45) is 5.41 Å². The number of methoxy groups -OCH3 is 1. The molecular weight excluding hydrogens is 372 g/mol. The van der Waals surface area contributed by atoms with Crippen LogP contribution >= 0.6 is 11.8 Å². The van der Waals surface area contributed by atoms with E-state index in [0.717, 1.165) is 22.7 Å². The van der Waals surface area contributed by atoms with Gasteiger partial charge in [-0.3, -0.25) is 14.5 Å². The minimum absolute atomic E-state index is 0.00512. The van der Waals surface area contributed by atoms with Crippen LogP contribution in [0.5, 0.6) is 5.75 Å². The van der Waals surface area contributed by atoms with Gasteiger partial charge in [0.25, 0.3) is 0 Å². The van der Waals surface area contributed by atoms with Crippen molar-refractivity contribution < 1.29 is 14.3 Å². The van der Waals surface area contributed by atoms with Gasteiger partial charge < -0.3 is 10.1 Å². The Labute approximate surface area is 170 Å². The lowest BCUT2D eigenvalue weighted by Crippen LogP contribution is -2.27. The Morgan fingerprint density at radius 1 is 1.14 bits per heavy atom. The molecule has 1 aliphatic rings. The number of benzene rings is 2. The highest BCUT2D eigenvalue weighted by atomic mass is 32.2. The predicted molar refractivity (Wildman–Crippen MR) is 115 cm³/mol. The molecule has 2 aromatic carbocycles. The summed E-state index contributed by atoms with van der Waals surface area (Å²) in [6, 6.07) is 15.2. The SMILES string of the molecule is COc1ccc(N2C(=O)CS[C@@H]2c2ccc(NC(=O)CC(C)(C)C)cc2)cc1. The number of nitrogens with one attached hydrogen (secondary N) is 1. The average molecular weight is 399 g/mol. The lowest BCUT2D eigenvalue weighted by molar-refractivity contribution is -0.118. The first-order valence-electron chi connectivity index (χ1n) is 9.24. The first kappa shape index (κ1) is 20.3. The van der Waals surface area contributed by atoms with Crippen LogP contribution in [0.1, 0.15) is 38.1 Å². The number of amides is 2. The Kier molecular flexibility index (Phi) is 5.98. The van der Waals surface area contributed by atoms with E-state index in [0.29, 0.717) is 12.2 Å². The first-order chi connectivity index (χ1) is 13.3. The van der Waals surface area contributed by atoms with Gasteiger partial charge in [0.05, 0.1) is 12.9 Å². The molecule has 1 saturated heterocycles. The Bertz CT molecular complexity index is 842. The van der Waals surface area contributed by atoms with Gasteiger partial charge in [-0.05, 0) is 47.4 Å². The summed E-state index contributed by atoms with van der Waals surface area (Å²) in [6.07, 6.45) is 0.465. The summed E-state index contributed by atoms with van der Waals surface area (Å²) in [6.45, 7) is 6.12. The van der Waals surface area contributed by atoms with Crippen LogP contribution in [0.15, 0.2) is 48.5 Å². The molecule has 1 N–H and O–H groups in total. The number of ether oxygens (including phenoxy) is 1. The third-order valence-electron chi connectivity index (χ3n) is 4.39. The van der Waals surface area contributed by atoms with Crippen LogP contribution in [0.3, 0.4) is 0 Å². The quantitative estimate of drug-likeness (QED) is 0.782. The normalized spacial score (nSPS) is 16.9. The first-order valence-corrected chi connectivity index (χ1v) is 10.3. The molecule has 2 aromatic rings. The van der Waals surface area contributed by atoms with Gasteiger partial charge in [0.15, 0.2) is 0 Å². The average Bonchev–Trinajstić information content (AvgIpc) is 3.02. The Morgan fingerprint density at radius 2 is 1.79 bits per heavy atom. The van der Waals surface area contributed by atoms with E-state index in [4.69, 9.17) is 4.74 Å². The number of hydrogen-bond acceptors (Lipinski definition) is 4. The van der Waals surface area contributed by atoms with Gasteiger partial charge in [-0.1, -0.05) is 32.9 Å². The third kappa shape index (κ3) is 4.87. The second kappa shape index (κ2) is 8.27. The molecule has 2 amide bonds. The molecule has 5 nitrogen and oxygen atoms in total. The molecule has 0 unspecified atom stereocenters. The fourth-order valence-electron chi connectivity index (χ4n) is 3.11. The molecule has 0 bridgehead atoms. The number of carbonyl (C=O) groups excluding carboxylic acids is 2. The summed E-state index contributed by atoms with van der Waals surface area (Å²) < 4.78 is 5.20. The van der Waals surface area contributed by atoms with E-state index in [1.165, 1.54) is 0 Å². The van der Waals surface area contributed by atoms with E-state index in [9.17, 15) is 9.59 Å². The van der Waals surface area contributed by atoms with Crippen LogP contribution in [0.2, 0.25) is 0 Å². The molecule has 0 radical (unpaired) electrons. The maximum absolute atomic E-state index is 12.5. The molecule has 1 fully saturated rings. The largest absolute Gasteiger partial charge is 0.497 e. The van der Waals surface area contributed by atoms with Gasteiger partial charge in [-0.2, -0.15) is 0 Å². The Balaban J connectivity index is 1.74. The van der Waals surface area contributed by atoms with Crippen LogP contribution in [0, 0.1) is 5.41 Å². The number of carbonyl (C=O) groups is 2. The number of thioether (sulfide) groups is 1. The second-order valence-electron chi connectivity index (χ2n) is 8.03. The van der Waals surface area contributed by atoms with Gasteiger partial charge in [-0.15, -0.1) is 11.8 Å². The van der Waals surface area contributed by atoms with Crippen LogP contribution in [-0.2, 0) is 9.59 Å². The van der Waals surface area contributed by atoms with Crippen molar-refractivity contribution in [2.75, 3.05) is 23.1 Å². The zero-order chi connectivity index (χ0) is 20.3. The van der Waals surface area contributed by atoms with E-state index < -0.39 is 0 Å². The maximum Gasteiger partial charge on any atom is 0.238 e. The Morgan fingerprint density at radius 3 is 2.36 bits per heavy atom. The summed E-state index contributed by atoms with van der Waals surface area (Å²) in [5.41, 5.74) is 2.59. The van der Waals surface area contributed by atoms with E-state index >= 15 is 0 Å². The molecule has 6 heteroatoms. The molecule has 1 aliphatic heterocycles. The van der Waals surface area contributed by atoms with Crippen molar-refractivity contribution in [3.63, 3.8) is 0 Å². The van der Waals surface area contributed by atoms with Crippen molar-refractivity contribution in [2.45, 2.75) is 32.6 Å². The highest BCUT2D eigenvalue weighted by Crippen LogP contribution is 2.42. The van der Waals surface area contributed by atoms with E-state index in [2.05, 4.69) is 5.32 Å². The highest BCUT2D eigenvalue weighted by molar-refractivity contribution is 8.00. The minimum atomic E-state index is -0.0831. The van der Waals surface area contributed by atoms with Crippen LogP contribution in [0.4, 0.5) is 11.4 Å². The molecule has 0 spiro atoms. The summed E-state index contributed by atoms with van der Waals surface area (Å²) in [5, 5.41) is 2.86. The minimum Gasteiger partial charge on any atom is -0.497 e.